The molecule has 2 atom stereocenters. The van der Waals surface area contributed by atoms with Crippen molar-refractivity contribution in [2.75, 3.05) is 26.4 Å². The molecule has 0 saturated carbocycles. The predicted molar refractivity (Wildman–Crippen MR) is 176 cm³/mol. The quantitative estimate of drug-likeness (QED) is 0.0855. The molecule has 0 amide bonds. The first-order valence-electron chi connectivity index (χ1n) is 14.7. The maximum absolute atomic E-state index is 12.1. The Bertz CT molecular complexity index is 1680. The second-order valence-electron chi connectivity index (χ2n) is 10.2. The van der Waals surface area contributed by atoms with Gasteiger partial charge in [-0.2, -0.15) is 0 Å². The molecule has 234 valence electrons. The zero-order valence-electron chi connectivity index (χ0n) is 25.2. The number of para-hydroxylation sites is 2. The van der Waals surface area contributed by atoms with Gasteiger partial charge in [-0.1, -0.05) is 86.0 Å². The van der Waals surface area contributed by atoms with Crippen molar-refractivity contribution in [2.45, 2.75) is 12.2 Å². The molecule has 0 aliphatic heterocycles. The molecule has 8 heteroatoms. The Morgan fingerprint density at radius 1 is 0.500 bits per heavy atom. The van der Waals surface area contributed by atoms with Crippen molar-refractivity contribution in [3.05, 3.63) is 135 Å². The summed E-state index contributed by atoms with van der Waals surface area (Å²) in [5.74, 6) is 0.868. The van der Waals surface area contributed by atoms with Crippen molar-refractivity contribution < 1.29 is 38.0 Å². The Labute approximate surface area is 267 Å². The molecule has 0 fully saturated rings. The van der Waals surface area contributed by atoms with Crippen molar-refractivity contribution in [3.63, 3.8) is 0 Å². The number of hydrogen-bond acceptors (Lipinski definition) is 8. The molecule has 0 radical (unpaired) electrons. The maximum Gasteiger partial charge on any atom is 0.330 e. The van der Waals surface area contributed by atoms with Crippen LogP contribution in [0.3, 0.4) is 0 Å². The smallest absolute Gasteiger partial charge is 0.330 e. The van der Waals surface area contributed by atoms with Crippen LogP contribution >= 0.6 is 0 Å². The number of benzene rings is 5. The molecular formula is C38H34O8. The minimum atomic E-state index is -0.748. The van der Waals surface area contributed by atoms with E-state index < -0.39 is 24.1 Å². The summed E-state index contributed by atoms with van der Waals surface area (Å²) < 4.78 is 35.0. The highest BCUT2D eigenvalue weighted by Gasteiger charge is 2.19. The molecule has 0 N–H and O–H groups in total. The molecule has 0 aliphatic carbocycles. The SMILES string of the molecule is C=CC(=O)OC(COc1ccc2ccccc2c1)COc1ccccc1OCC(COc1ccc2ccccc2c1)OC(=O)C=C. The Hall–Kier alpha value is -5.76. The third-order valence-corrected chi connectivity index (χ3v) is 6.91. The van der Waals surface area contributed by atoms with E-state index in [9.17, 15) is 9.59 Å². The highest BCUT2D eigenvalue weighted by molar-refractivity contribution is 5.84. The van der Waals surface area contributed by atoms with Gasteiger partial charge in [-0.25, -0.2) is 9.59 Å². The van der Waals surface area contributed by atoms with Gasteiger partial charge in [0.05, 0.1) is 0 Å². The topological polar surface area (TPSA) is 89.5 Å². The van der Waals surface area contributed by atoms with Gasteiger partial charge in [0.25, 0.3) is 0 Å². The van der Waals surface area contributed by atoms with E-state index >= 15 is 0 Å². The van der Waals surface area contributed by atoms with E-state index in [1.807, 2.05) is 84.9 Å². The average molecular weight is 619 g/mol. The summed E-state index contributed by atoms with van der Waals surface area (Å²) in [7, 11) is 0. The van der Waals surface area contributed by atoms with Gasteiger partial charge >= 0.3 is 11.9 Å². The Morgan fingerprint density at radius 3 is 1.28 bits per heavy atom. The number of carbonyl (C=O) groups is 2. The first-order chi connectivity index (χ1) is 22.5. The van der Waals surface area contributed by atoms with Crippen LogP contribution in [-0.4, -0.2) is 50.6 Å². The normalized spacial score (nSPS) is 12.0. The van der Waals surface area contributed by atoms with Gasteiger partial charge in [0, 0.05) is 12.2 Å². The van der Waals surface area contributed by atoms with Gasteiger partial charge in [-0.15, -0.1) is 0 Å². The Morgan fingerprint density at radius 2 is 0.870 bits per heavy atom. The Balaban J connectivity index is 1.21. The summed E-state index contributed by atoms with van der Waals surface area (Å²) in [5.41, 5.74) is 0. The van der Waals surface area contributed by atoms with E-state index in [-0.39, 0.29) is 26.4 Å². The van der Waals surface area contributed by atoms with Gasteiger partial charge in [0.1, 0.15) is 37.9 Å². The summed E-state index contributed by atoms with van der Waals surface area (Å²) in [5, 5.41) is 4.24. The van der Waals surface area contributed by atoms with Crippen LogP contribution in [0.25, 0.3) is 21.5 Å². The van der Waals surface area contributed by atoms with Crippen LogP contribution in [0.1, 0.15) is 0 Å². The van der Waals surface area contributed by atoms with Crippen molar-refractivity contribution in [2.24, 2.45) is 0 Å². The number of carbonyl (C=O) groups excluding carboxylic acids is 2. The van der Waals surface area contributed by atoms with E-state index in [2.05, 4.69) is 13.2 Å². The van der Waals surface area contributed by atoms with Gasteiger partial charge in [0.2, 0.25) is 0 Å². The summed E-state index contributed by atoms with van der Waals surface area (Å²) in [4.78, 5) is 24.1. The van der Waals surface area contributed by atoms with E-state index in [1.54, 1.807) is 24.3 Å². The molecule has 2 unspecified atom stereocenters. The lowest BCUT2D eigenvalue weighted by atomic mass is 10.1. The lowest BCUT2D eigenvalue weighted by molar-refractivity contribution is -0.147. The van der Waals surface area contributed by atoms with Crippen molar-refractivity contribution in [1.82, 2.24) is 0 Å². The monoisotopic (exact) mass is 618 g/mol. The molecule has 0 aromatic heterocycles. The number of esters is 2. The molecule has 5 rings (SSSR count). The minimum Gasteiger partial charge on any atom is -0.490 e. The highest BCUT2D eigenvalue weighted by Crippen LogP contribution is 2.28. The molecule has 0 aliphatic rings. The average Bonchev–Trinajstić information content (AvgIpc) is 3.10. The third-order valence-electron chi connectivity index (χ3n) is 6.91. The predicted octanol–water partition coefficient (Wildman–Crippen LogP) is 7.10. The lowest BCUT2D eigenvalue weighted by Gasteiger charge is -2.21. The molecule has 0 spiro atoms. The van der Waals surface area contributed by atoms with Crippen LogP contribution in [0.15, 0.2) is 135 Å². The van der Waals surface area contributed by atoms with Crippen LogP contribution in [0.4, 0.5) is 0 Å². The first-order valence-corrected chi connectivity index (χ1v) is 14.7. The molecule has 0 bridgehead atoms. The molecule has 0 saturated heterocycles. The minimum absolute atomic E-state index is 0.0203. The second-order valence-corrected chi connectivity index (χ2v) is 10.2. The van der Waals surface area contributed by atoms with E-state index in [0.29, 0.717) is 23.0 Å². The first kappa shape index (κ1) is 31.7. The number of rotatable bonds is 16. The lowest BCUT2D eigenvalue weighted by Crippen LogP contribution is -2.31. The zero-order chi connectivity index (χ0) is 32.1. The van der Waals surface area contributed by atoms with Crippen molar-refractivity contribution in [1.29, 1.82) is 0 Å². The van der Waals surface area contributed by atoms with Gasteiger partial charge < -0.3 is 28.4 Å². The molecule has 0 heterocycles. The third kappa shape index (κ3) is 8.89. The van der Waals surface area contributed by atoms with Crippen LogP contribution in [0.2, 0.25) is 0 Å². The van der Waals surface area contributed by atoms with E-state index in [0.717, 1.165) is 33.7 Å². The van der Waals surface area contributed by atoms with Gasteiger partial charge in [0.15, 0.2) is 23.7 Å². The van der Waals surface area contributed by atoms with E-state index in [1.165, 1.54) is 0 Å². The van der Waals surface area contributed by atoms with Gasteiger partial charge in [-0.05, 0) is 57.9 Å². The van der Waals surface area contributed by atoms with E-state index in [4.69, 9.17) is 28.4 Å². The number of hydrogen-bond donors (Lipinski definition) is 0. The zero-order valence-corrected chi connectivity index (χ0v) is 25.2. The standard InChI is InChI=1S/C38H34O8/c1-3-37(39)45-33(23-41-31-19-17-27-11-5-7-13-29(27)21-31)25-43-35-15-9-10-16-36(35)44-26-34(46-38(40)4-2)24-42-32-20-18-28-12-6-8-14-30(28)22-32/h3-22,33-34H,1-2,23-26H2. The highest BCUT2D eigenvalue weighted by atomic mass is 16.6. The van der Waals surface area contributed by atoms with Crippen LogP contribution < -0.4 is 18.9 Å². The molecular weight excluding hydrogens is 584 g/mol. The fourth-order valence-electron chi connectivity index (χ4n) is 4.60. The van der Waals surface area contributed by atoms with Crippen LogP contribution in [0.5, 0.6) is 23.0 Å². The van der Waals surface area contributed by atoms with Crippen molar-refractivity contribution in [3.8, 4) is 23.0 Å². The number of fused-ring (bicyclic) bond motifs is 2. The molecule has 8 nitrogen and oxygen atoms in total. The largest absolute Gasteiger partial charge is 0.490 e. The summed E-state index contributed by atoms with van der Waals surface area (Å²) >= 11 is 0. The Kier molecular flexibility index (Phi) is 10.9. The summed E-state index contributed by atoms with van der Waals surface area (Å²) in [6.45, 7) is 7.03. The summed E-state index contributed by atoms with van der Waals surface area (Å²) in [6.07, 6.45) is 0.679. The maximum atomic E-state index is 12.1. The van der Waals surface area contributed by atoms with Crippen LogP contribution in [0, 0.1) is 0 Å². The van der Waals surface area contributed by atoms with Crippen LogP contribution in [-0.2, 0) is 19.1 Å². The molecule has 5 aromatic rings. The van der Waals surface area contributed by atoms with Gasteiger partial charge in [-0.3, -0.25) is 0 Å². The second kappa shape index (κ2) is 15.8. The fraction of sp³-hybridized carbons (Fsp3) is 0.158. The fourth-order valence-corrected chi connectivity index (χ4v) is 4.60. The van der Waals surface area contributed by atoms with Crippen molar-refractivity contribution >= 4 is 33.5 Å². The number of ether oxygens (including phenoxy) is 6. The molecule has 5 aromatic carbocycles. The molecule has 46 heavy (non-hydrogen) atoms. The summed E-state index contributed by atoms with van der Waals surface area (Å²) in [6, 6.07) is 34.4.